The maximum atomic E-state index is 6.19. The Morgan fingerprint density at radius 1 is 1.11 bits per heavy atom. The van der Waals surface area contributed by atoms with E-state index in [1.807, 2.05) is 0 Å². The highest BCUT2D eigenvalue weighted by atomic mass is 127. The average molecular weight is 379 g/mol. The molecule has 5 heteroatoms. The van der Waals surface area contributed by atoms with Gasteiger partial charge in [-0.05, 0) is 32.1 Å². The molecule has 2 heterocycles. The second kappa shape index (κ2) is 7.11. The average Bonchev–Trinajstić information content (AvgIpc) is 2.64. The number of ether oxygens (including phenoxy) is 1. The van der Waals surface area contributed by atoms with E-state index in [0.29, 0.717) is 18.1 Å². The monoisotopic (exact) mass is 379 g/mol. The number of likely N-dealkylation sites (tertiary alicyclic amines) is 1. The first-order chi connectivity index (χ1) is 8.84. The topological polar surface area (TPSA) is 50.9 Å². The minimum atomic E-state index is 0. The fraction of sp³-hybridized carbons (Fsp3) is 0.929. The number of hydrogen-bond donors (Lipinski definition) is 1. The molecular formula is C14H26IN3O. The molecule has 0 radical (unpaired) electrons. The van der Waals surface area contributed by atoms with E-state index in [1.165, 1.54) is 38.5 Å². The lowest BCUT2D eigenvalue weighted by molar-refractivity contribution is -0.0939. The van der Waals surface area contributed by atoms with Gasteiger partial charge in [-0.15, -0.1) is 24.0 Å². The Morgan fingerprint density at radius 3 is 2.53 bits per heavy atom. The Kier molecular flexibility index (Phi) is 5.74. The van der Waals surface area contributed by atoms with Gasteiger partial charge in [0.25, 0.3) is 0 Å². The van der Waals surface area contributed by atoms with Gasteiger partial charge < -0.3 is 15.4 Å². The third kappa shape index (κ3) is 3.54. The standard InChI is InChI=1S/C14H25N3O.HI/c15-14(17-7-3-1-2-4-8-17)16-12-10-13-11(12)6-5-9-18-13;/h11-13H,1-10H2,(H2,15,16);1H. The zero-order valence-corrected chi connectivity index (χ0v) is 13.9. The molecule has 3 fully saturated rings. The third-order valence-electron chi connectivity index (χ3n) is 4.69. The Balaban J connectivity index is 0.00000133. The lowest BCUT2D eigenvalue weighted by Gasteiger charge is -2.45. The molecule has 0 spiro atoms. The maximum absolute atomic E-state index is 6.19. The van der Waals surface area contributed by atoms with Gasteiger partial charge in [0.1, 0.15) is 0 Å². The van der Waals surface area contributed by atoms with Crippen LogP contribution >= 0.6 is 24.0 Å². The fourth-order valence-electron chi connectivity index (χ4n) is 3.46. The van der Waals surface area contributed by atoms with Crippen molar-refractivity contribution in [3.8, 4) is 0 Å². The quantitative estimate of drug-likeness (QED) is 0.432. The summed E-state index contributed by atoms with van der Waals surface area (Å²) in [5.41, 5.74) is 6.19. The molecule has 2 saturated heterocycles. The van der Waals surface area contributed by atoms with Crippen LogP contribution in [0.1, 0.15) is 44.9 Å². The van der Waals surface area contributed by atoms with Crippen LogP contribution in [0.3, 0.4) is 0 Å². The summed E-state index contributed by atoms with van der Waals surface area (Å²) in [6.45, 7) is 3.12. The highest BCUT2D eigenvalue weighted by molar-refractivity contribution is 14.0. The summed E-state index contributed by atoms with van der Waals surface area (Å²) in [5, 5.41) is 0. The number of halogens is 1. The van der Waals surface area contributed by atoms with Crippen molar-refractivity contribution in [3.05, 3.63) is 0 Å². The highest BCUT2D eigenvalue weighted by Crippen LogP contribution is 2.39. The highest BCUT2D eigenvalue weighted by Gasteiger charge is 2.43. The van der Waals surface area contributed by atoms with Crippen LogP contribution < -0.4 is 5.73 Å². The second-order valence-corrected chi connectivity index (χ2v) is 5.91. The molecule has 3 rings (SSSR count). The van der Waals surface area contributed by atoms with Crippen molar-refractivity contribution in [3.63, 3.8) is 0 Å². The zero-order valence-electron chi connectivity index (χ0n) is 11.6. The predicted octanol–water partition coefficient (Wildman–Crippen LogP) is 2.36. The van der Waals surface area contributed by atoms with Crippen molar-refractivity contribution < 1.29 is 4.74 Å². The molecule has 1 aliphatic carbocycles. The summed E-state index contributed by atoms with van der Waals surface area (Å²) in [6, 6.07) is 0.429. The first kappa shape index (κ1) is 15.4. The number of hydrogen-bond acceptors (Lipinski definition) is 2. The van der Waals surface area contributed by atoms with Crippen LogP contribution in [0.15, 0.2) is 4.99 Å². The van der Waals surface area contributed by atoms with E-state index in [0.717, 1.165) is 32.1 Å². The van der Waals surface area contributed by atoms with Crippen LogP contribution in [0.2, 0.25) is 0 Å². The van der Waals surface area contributed by atoms with Gasteiger partial charge in [-0.3, -0.25) is 0 Å². The van der Waals surface area contributed by atoms with Crippen molar-refractivity contribution in [1.29, 1.82) is 0 Å². The molecule has 2 N–H and O–H groups in total. The van der Waals surface area contributed by atoms with Gasteiger partial charge in [-0.25, -0.2) is 4.99 Å². The van der Waals surface area contributed by atoms with Crippen LogP contribution in [0, 0.1) is 5.92 Å². The predicted molar refractivity (Wildman–Crippen MR) is 87.9 cm³/mol. The summed E-state index contributed by atoms with van der Waals surface area (Å²) >= 11 is 0. The first-order valence-electron chi connectivity index (χ1n) is 7.54. The number of nitrogens with two attached hydrogens (primary N) is 1. The SMILES string of the molecule is I.NC(=NC1CC2OCCCC12)N1CCCCCC1. The van der Waals surface area contributed by atoms with E-state index in [4.69, 9.17) is 15.5 Å². The van der Waals surface area contributed by atoms with E-state index >= 15 is 0 Å². The zero-order chi connectivity index (χ0) is 12.4. The fourth-order valence-corrected chi connectivity index (χ4v) is 3.46. The minimum absolute atomic E-state index is 0. The lowest BCUT2D eigenvalue weighted by atomic mass is 9.73. The van der Waals surface area contributed by atoms with Gasteiger partial charge in [0, 0.05) is 25.6 Å². The third-order valence-corrected chi connectivity index (χ3v) is 4.69. The molecule has 110 valence electrons. The van der Waals surface area contributed by atoms with Gasteiger partial charge in [-0.1, -0.05) is 12.8 Å². The van der Waals surface area contributed by atoms with Crippen LogP contribution in [-0.2, 0) is 4.74 Å². The van der Waals surface area contributed by atoms with Crippen LogP contribution in [-0.4, -0.2) is 42.7 Å². The van der Waals surface area contributed by atoms with Crippen molar-refractivity contribution in [1.82, 2.24) is 4.90 Å². The van der Waals surface area contributed by atoms with E-state index in [9.17, 15) is 0 Å². The Morgan fingerprint density at radius 2 is 1.84 bits per heavy atom. The van der Waals surface area contributed by atoms with E-state index in [1.54, 1.807) is 0 Å². The van der Waals surface area contributed by atoms with Gasteiger partial charge in [0.15, 0.2) is 5.96 Å². The molecular weight excluding hydrogens is 353 g/mol. The van der Waals surface area contributed by atoms with Gasteiger partial charge in [-0.2, -0.15) is 0 Å². The van der Waals surface area contributed by atoms with Gasteiger partial charge in [0.05, 0.1) is 12.1 Å². The second-order valence-electron chi connectivity index (χ2n) is 5.91. The number of fused-ring (bicyclic) bond motifs is 1. The molecule has 0 aromatic heterocycles. The number of rotatable bonds is 1. The number of guanidine groups is 1. The summed E-state index contributed by atoms with van der Waals surface area (Å²) < 4.78 is 5.73. The molecule has 4 nitrogen and oxygen atoms in total. The summed E-state index contributed by atoms with van der Waals surface area (Å²) in [4.78, 5) is 7.05. The minimum Gasteiger partial charge on any atom is -0.378 e. The molecule has 3 aliphatic rings. The summed E-state index contributed by atoms with van der Waals surface area (Å²) in [7, 11) is 0. The Hall–Kier alpha value is -0.0400. The number of nitrogens with zero attached hydrogens (tertiary/aromatic N) is 2. The maximum Gasteiger partial charge on any atom is 0.191 e. The molecule has 2 aliphatic heterocycles. The molecule has 1 saturated carbocycles. The Labute approximate surface area is 133 Å². The lowest BCUT2D eigenvalue weighted by Crippen LogP contribution is -2.50. The molecule has 0 amide bonds. The van der Waals surface area contributed by atoms with Crippen LogP contribution in [0.25, 0.3) is 0 Å². The van der Waals surface area contributed by atoms with Crippen LogP contribution in [0.4, 0.5) is 0 Å². The molecule has 0 bridgehead atoms. The van der Waals surface area contributed by atoms with Gasteiger partial charge >= 0.3 is 0 Å². The van der Waals surface area contributed by atoms with E-state index in [-0.39, 0.29) is 24.0 Å². The molecule has 0 aromatic rings. The molecule has 3 atom stereocenters. The Bertz CT molecular complexity index is 316. The first-order valence-corrected chi connectivity index (χ1v) is 7.54. The normalized spacial score (nSPS) is 35.7. The van der Waals surface area contributed by atoms with E-state index < -0.39 is 0 Å². The van der Waals surface area contributed by atoms with Gasteiger partial charge in [0.2, 0.25) is 0 Å². The smallest absolute Gasteiger partial charge is 0.191 e. The molecule has 0 aromatic carbocycles. The van der Waals surface area contributed by atoms with Crippen molar-refractivity contribution in [2.24, 2.45) is 16.6 Å². The van der Waals surface area contributed by atoms with E-state index in [2.05, 4.69) is 4.90 Å². The largest absolute Gasteiger partial charge is 0.378 e. The number of aliphatic imine (C=N–C) groups is 1. The van der Waals surface area contributed by atoms with Crippen molar-refractivity contribution >= 4 is 29.9 Å². The molecule has 3 unspecified atom stereocenters. The summed E-state index contributed by atoms with van der Waals surface area (Å²) in [5.74, 6) is 1.43. The van der Waals surface area contributed by atoms with Crippen molar-refractivity contribution in [2.75, 3.05) is 19.7 Å². The summed E-state index contributed by atoms with van der Waals surface area (Å²) in [6.07, 6.45) is 9.22. The van der Waals surface area contributed by atoms with Crippen LogP contribution in [0.5, 0.6) is 0 Å². The van der Waals surface area contributed by atoms with Crippen molar-refractivity contribution in [2.45, 2.75) is 57.1 Å². The molecule has 19 heavy (non-hydrogen) atoms.